The highest BCUT2D eigenvalue weighted by molar-refractivity contribution is 6.16. The summed E-state index contributed by atoms with van der Waals surface area (Å²) < 4.78 is 24.5. The zero-order valence-electron chi connectivity index (χ0n) is 16.4. The molecule has 1 aromatic rings. The van der Waals surface area contributed by atoms with Gasteiger partial charge in [0.15, 0.2) is 0 Å². The number of halogens is 1. The third-order valence-corrected chi connectivity index (χ3v) is 5.29. The number of esters is 2. The van der Waals surface area contributed by atoms with Crippen molar-refractivity contribution >= 4 is 17.8 Å². The molecule has 0 aromatic heterocycles. The molecule has 150 valence electrons. The van der Waals surface area contributed by atoms with Crippen LogP contribution in [-0.2, 0) is 25.5 Å². The molecule has 1 heterocycles. The Morgan fingerprint density at radius 1 is 1.21 bits per heavy atom. The summed E-state index contributed by atoms with van der Waals surface area (Å²) in [5.41, 5.74) is 1.08. The van der Waals surface area contributed by atoms with Gasteiger partial charge in [-0.05, 0) is 50.2 Å². The van der Waals surface area contributed by atoms with E-state index < -0.39 is 17.8 Å². The first-order valence-electron chi connectivity index (χ1n) is 9.89. The highest BCUT2D eigenvalue weighted by Crippen LogP contribution is 2.30. The minimum atomic E-state index is -0.564. The van der Waals surface area contributed by atoms with Crippen LogP contribution in [0.15, 0.2) is 40.4 Å². The molecule has 1 aliphatic heterocycles. The standard InChI is InChI=1S/C22H26FNO4/c1-3-27-20(25)13-17-18(12-15-6-4-5-7-19(15)23)22(26)28-21(17)24-16-10-8-14(2)9-11-16/h4-7,14,16H,3,8-13H2,1-2H3/b24-21-. The Morgan fingerprint density at radius 2 is 1.93 bits per heavy atom. The van der Waals surface area contributed by atoms with E-state index in [1.807, 2.05) is 0 Å². The lowest BCUT2D eigenvalue weighted by Gasteiger charge is -2.23. The first-order valence-corrected chi connectivity index (χ1v) is 9.89. The number of cyclic esters (lactones) is 1. The Kier molecular flexibility index (Phi) is 6.60. The summed E-state index contributed by atoms with van der Waals surface area (Å²) in [5, 5.41) is 0. The van der Waals surface area contributed by atoms with Gasteiger partial charge in [-0.2, -0.15) is 0 Å². The lowest BCUT2D eigenvalue weighted by molar-refractivity contribution is -0.142. The molecular formula is C22H26FNO4. The van der Waals surface area contributed by atoms with Crippen LogP contribution in [0.1, 0.15) is 51.5 Å². The molecule has 1 fully saturated rings. The smallest absolute Gasteiger partial charge is 0.341 e. The van der Waals surface area contributed by atoms with Gasteiger partial charge in [0.1, 0.15) is 5.82 Å². The number of aliphatic imine (C=N–C) groups is 1. The van der Waals surface area contributed by atoms with Crippen molar-refractivity contribution < 1.29 is 23.5 Å². The highest BCUT2D eigenvalue weighted by Gasteiger charge is 2.34. The third kappa shape index (κ3) is 4.86. The van der Waals surface area contributed by atoms with E-state index in [1.54, 1.807) is 25.1 Å². The van der Waals surface area contributed by atoms with Gasteiger partial charge in [0.05, 0.1) is 24.6 Å². The Balaban J connectivity index is 1.91. The first kappa shape index (κ1) is 20.2. The normalized spacial score (nSPS) is 23.8. The maximum absolute atomic E-state index is 14.1. The Labute approximate surface area is 164 Å². The lowest BCUT2D eigenvalue weighted by Crippen LogP contribution is -2.19. The Morgan fingerprint density at radius 3 is 2.61 bits per heavy atom. The van der Waals surface area contributed by atoms with E-state index in [9.17, 15) is 14.0 Å². The van der Waals surface area contributed by atoms with E-state index in [4.69, 9.17) is 9.47 Å². The molecule has 0 spiro atoms. The van der Waals surface area contributed by atoms with Crippen molar-refractivity contribution in [3.8, 4) is 0 Å². The maximum Gasteiger partial charge on any atom is 0.341 e. The van der Waals surface area contributed by atoms with Crippen LogP contribution in [0.4, 0.5) is 4.39 Å². The van der Waals surface area contributed by atoms with Gasteiger partial charge in [-0.3, -0.25) is 4.79 Å². The lowest BCUT2D eigenvalue weighted by atomic mass is 9.87. The average molecular weight is 387 g/mol. The number of carbonyl (C=O) groups excluding carboxylic acids is 2. The van der Waals surface area contributed by atoms with Crippen LogP contribution in [-0.4, -0.2) is 30.5 Å². The molecule has 0 saturated heterocycles. The molecule has 3 rings (SSSR count). The first-order chi connectivity index (χ1) is 13.5. The monoisotopic (exact) mass is 387 g/mol. The molecule has 5 nitrogen and oxygen atoms in total. The van der Waals surface area contributed by atoms with Crippen LogP contribution < -0.4 is 0 Å². The molecule has 0 bridgehead atoms. The summed E-state index contributed by atoms with van der Waals surface area (Å²) >= 11 is 0. The van der Waals surface area contributed by atoms with Crippen LogP contribution >= 0.6 is 0 Å². The Bertz CT molecular complexity index is 807. The van der Waals surface area contributed by atoms with E-state index in [0.29, 0.717) is 17.1 Å². The van der Waals surface area contributed by atoms with Crippen LogP contribution in [0.2, 0.25) is 0 Å². The van der Waals surface area contributed by atoms with Crippen molar-refractivity contribution in [3.05, 3.63) is 46.8 Å². The van der Waals surface area contributed by atoms with E-state index >= 15 is 0 Å². The number of rotatable bonds is 6. The van der Waals surface area contributed by atoms with Gasteiger partial charge in [-0.15, -0.1) is 0 Å². The molecule has 6 heteroatoms. The number of benzene rings is 1. The summed E-state index contributed by atoms with van der Waals surface area (Å²) in [5.74, 6) is -0.542. The summed E-state index contributed by atoms with van der Waals surface area (Å²) in [6, 6.07) is 6.34. The summed E-state index contributed by atoms with van der Waals surface area (Å²) in [7, 11) is 0. The maximum atomic E-state index is 14.1. The molecule has 1 aromatic carbocycles. The number of hydrogen-bond acceptors (Lipinski definition) is 5. The number of carbonyl (C=O) groups is 2. The molecule has 0 unspecified atom stereocenters. The molecule has 1 saturated carbocycles. The highest BCUT2D eigenvalue weighted by atomic mass is 19.1. The van der Waals surface area contributed by atoms with Gasteiger partial charge in [0, 0.05) is 12.0 Å². The van der Waals surface area contributed by atoms with Crippen LogP contribution in [0, 0.1) is 11.7 Å². The molecular weight excluding hydrogens is 361 g/mol. The summed E-state index contributed by atoms with van der Waals surface area (Å²) in [6.45, 7) is 4.19. The van der Waals surface area contributed by atoms with Gasteiger partial charge >= 0.3 is 11.9 Å². The van der Waals surface area contributed by atoms with Crippen molar-refractivity contribution in [1.29, 1.82) is 0 Å². The fourth-order valence-corrected chi connectivity index (χ4v) is 3.65. The van der Waals surface area contributed by atoms with Crippen molar-refractivity contribution in [2.24, 2.45) is 10.9 Å². The van der Waals surface area contributed by atoms with Gasteiger partial charge in [-0.25, -0.2) is 14.2 Å². The van der Waals surface area contributed by atoms with Crippen molar-refractivity contribution in [3.63, 3.8) is 0 Å². The molecule has 28 heavy (non-hydrogen) atoms. The second kappa shape index (κ2) is 9.13. The fraction of sp³-hybridized carbons (Fsp3) is 0.500. The van der Waals surface area contributed by atoms with E-state index in [0.717, 1.165) is 25.7 Å². The van der Waals surface area contributed by atoms with E-state index in [-0.39, 0.29) is 37.0 Å². The zero-order valence-corrected chi connectivity index (χ0v) is 16.4. The molecule has 1 aliphatic carbocycles. The second-order valence-corrected chi connectivity index (χ2v) is 7.44. The van der Waals surface area contributed by atoms with Gasteiger partial charge < -0.3 is 9.47 Å². The third-order valence-electron chi connectivity index (χ3n) is 5.29. The molecule has 0 radical (unpaired) electrons. The minimum absolute atomic E-state index is 0.0565. The molecule has 2 aliphatic rings. The van der Waals surface area contributed by atoms with Crippen LogP contribution in [0.3, 0.4) is 0 Å². The predicted molar refractivity (Wildman–Crippen MR) is 103 cm³/mol. The topological polar surface area (TPSA) is 65.0 Å². The average Bonchev–Trinajstić information content (AvgIpc) is 2.94. The summed E-state index contributed by atoms with van der Waals surface area (Å²) in [4.78, 5) is 29.3. The largest absolute Gasteiger partial charge is 0.466 e. The van der Waals surface area contributed by atoms with Gasteiger partial charge in [0.25, 0.3) is 0 Å². The predicted octanol–water partition coefficient (Wildman–Crippen LogP) is 4.15. The van der Waals surface area contributed by atoms with E-state index in [2.05, 4.69) is 11.9 Å². The molecule has 0 amide bonds. The van der Waals surface area contributed by atoms with Crippen molar-refractivity contribution in [2.75, 3.05) is 6.61 Å². The second-order valence-electron chi connectivity index (χ2n) is 7.44. The summed E-state index contributed by atoms with van der Waals surface area (Å²) in [6.07, 6.45) is 3.96. The van der Waals surface area contributed by atoms with Gasteiger partial charge in [-0.1, -0.05) is 25.1 Å². The quantitative estimate of drug-likeness (QED) is 0.688. The zero-order chi connectivity index (χ0) is 20.1. The van der Waals surface area contributed by atoms with Gasteiger partial charge in [0.2, 0.25) is 5.90 Å². The SMILES string of the molecule is CCOC(=O)CC1=C(Cc2ccccc2F)C(=O)O/C1=N\C1CCC(C)CC1. The number of hydrogen-bond donors (Lipinski definition) is 0. The van der Waals surface area contributed by atoms with Crippen molar-refractivity contribution in [2.45, 2.75) is 58.4 Å². The van der Waals surface area contributed by atoms with Crippen LogP contribution in [0.5, 0.6) is 0 Å². The Hall–Kier alpha value is -2.50. The van der Waals surface area contributed by atoms with Crippen LogP contribution in [0.25, 0.3) is 0 Å². The number of ether oxygens (including phenoxy) is 2. The molecule has 0 atom stereocenters. The van der Waals surface area contributed by atoms with Crippen molar-refractivity contribution in [1.82, 2.24) is 0 Å². The molecule has 0 N–H and O–H groups in total. The fourth-order valence-electron chi connectivity index (χ4n) is 3.65. The number of nitrogens with zero attached hydrogens (tertiary/aromatic N) is 1. The minimum Gasteiger partial charge on any atom is -0.466 e. The van der Waals surface area contributed by atoms with E-state index in [1.165, 1.54) is 6.07 Å².